The number of ether oxygens (including phenoxy) is 1. The van der Waals surface area contributed by atoms with Crippen LogP contribution in [0, 0.1) is 0 Å². The summed E-state index contributed by atoms with van der Waals surface area (Å²) in [5.41, 5.74) is 4.04. The molecule has 1 atom stereocenters. The van der Waals surface area contributed by atoms with E-state index in [0.29, 0.717) is 19.7 Å². The largest absolute Gasteiger partial charge is 0.375 e. The molecule has 0 radical (unpaired) electrons. The zero-order valence-electron chi connectivity index (χ0n) is 13.4. The highest BCUT2D eigenvalue weighted by Crippen LogP contribution is 2.39. The van der Waals surface area contributed by atoms with Crippen molar-refractivity contribution in [1.82, 2.24) is 4.90 Å². The minimum absolute atomic E-state index is 0.170. The third-order valence-corrected chi connectivity index (χ3v) is 6.03. The Bertz CT molecular complexity index is 737. The van der Waals surface area contributed by atoms with Crippen LogP contribution >= 0.6 is 11.3 Å². The molecule has 1 aromatic carbocycles. The van der Waals surface area contributed by atoms with E-state index in [1.165, 1.54) is 21.6 Å². The number of carbonyl (C=O) groups is 1. The molecule has 0 spiro atoms. The quantitative estimate of drug-likeness (QED) is 0.840. The number of hydrogen-bond acceptors (Lipinski definition) is 3. The Labute approximate surface area is 140 Å². The number of fused-ring (bicyclic) bond motifs is 3. The van der Waals surface area contributed by atoms with Crippen molar-refractivity contribution < 1.29 is 9.53 Å². The average Bonchev–Trinajstić information content (AvgIpc) is 3.06. The molecule has 1 fully saturated rings. The zero-order chi connectivity index (χ0) is 15.8. The number of carbonyl (C=O) groups excluding carboxylic acids is 1. The molecule has 120 valence electrons. The SMILES string of the molecule is CC[C@@H]1CN(C(=O)c2cc3c(s2)-c2ccccc2CC3)CCO1. The Hall–Kier alpha value is -1.65. The van der Waals surface area contributed by atoms with Crippen LogP contribution in [0.2, 0.25) is 0 Å². The predicted octanol–water partition coefficient (Wildman–Crippen LogP) is 3.76. The van der Waals surface area contributed by atoms with Crippen LogP contribution in [0.1, 0.15) is 34.1 Å². The summed E-state index contributed by atoms with van der Waals surface area (Å²) < 4.78 is 5.68. The predicted molar refractivity (Wildman–Crippen MR) is 93.1 cm³/mol. The first kappa shape index (κ1) is 14.9. The van der Waals surface area contributed by atoms with Crippen LogP contribution in [0.3, 0.4) is 0 Å². The van der Waals surface area contributed by atoms with Gasteiger partial charge in [0, 0.05) is 18.0 Å². The highest BCUT2D eigenvalue weighted by Gasteiger charge is 2.27. The molecule has 2 aromatic rings. The Kier molecular flexibility index (Phi) is 3.95. The smallest absolute Gasteiger partial charge is 0.264 e. The fourth-order valence-corrected chi connectivity index (χ4v) is 4.72. The minimum Gasteiger partial charge on any atom is -0.375 e. The summed E-state index contributed by atoms with van der Waals surface area (Å²) in [4.78, 5) is 17.0. The van der Waals surface area contributed by atoms with E-state index in [4.69, 9.17) is 4.74 Å². The number of hydrogen-bond donors (Lipinski definition) is 0. The van der Waals surface area contributed by atoms with Crippen LogP contribution in [0.15, 0.2) is 30.3 Å². The standard InChI is InChI=1S/C19H21NO2S/c1-2-15-12-20(9-10-22-15)19(21)17-11-14-8-7-13-5-3-4-6-16(13)18(14)23-17/h3-6,11,15H,2,7-10,12H2,1H3/t15-/m1/s1. The Morgan fingerprint density at radius 2 is 2.13 bits per heavy atom. The first-order valence-corrected chi connectivity index (χ1v) is 9.19. The maximum atomic E-state index is 12.9. The van der Waals surface area contributed by atoms with Gasteiger partial charge in [-0.1, -0.05) is 31.2 Å². The molecule has 4 rings (SSSR count). The van der Waals surface area contributed by atoms with Crippen molar-refractivity contribution in [2.75, 3.05) is 19.7 Å². The van der Waals surface area contributed by atoms with Gasteiger partial charge in [0.1, 0.15) is 0 Å². The second-order valence-corrected chi connectivity index (χ2v) is 7.33. The Morgan fingerprint density at radius 1 is 1.30 bits per heavy atom. The van der Waals surface area contributed by atoms with Gasteiger partial charge in [0.25, 0.3) is 5.91 Å². The minimum atomic E-state index is 0.170. The van der Waals surface area contributed by atoms with Crippen molar-refractivity contribution >= 4 is 17.2 Å². The molecule has 1 aromatic heterocycles. The first-order chi connectivity index (χ1) is 11.3. The number of morpholine rings is 1. The van der Waals surface area contributed by atoms with Gasteiger partial charge >= 0.3 is 0 Å². The van der Waals surface area contributed by atoms with Gasteiger partial charge in [0.05, 0.1) is 17.6 Å². The van der Waals surface area contributed by atoms with Gasteiger partial charge in [-0.15, -0.1) is 11.3 Å². The number of thiophene rings is 1. The maximum absolute atomic E-state index is 12.9. The van der Waals surface area contributed by atoms with E-state index in [1.54, 1.807) is 11.3 Å². The maximum Gasteiger partial charge on any atom is 0.264 e. The van der Waals surface area contributed by atoms with Crippen LogP contribution in [-0.2, 0) is 17.6 Å². The molecule has 23 heavy (non-hydrogen) atoms. The average molecular weight is 327 g/mol. The third-order valence-electron chi connectivity index (χ3n) is 4.83. The van der Waals surface area contributed by atoms with E-state index in [-0.39, 0.29) is 12.0 Å². The van der Waals surface area contributed by atoms with Crippen molar-refractivity contribution in [2.45, 2.75) is 32.3 Å². The summed E-state index contributed by atoms with van der Waals surface area (Å²) >= 11 is 1.66. The molecule has 0 N–H and O–H groups in total. The molecule has 3 nitrogen and oxygen atoms in total. The highest BCUT2D eigenvalue weighted by molar-refractivity contribution is 7.17. The van der Waals surface area contributed by atoms with Crippen molar-refractivity contribution in [3.05, 3.63) is 46.3 Å². The fraction of sp³-hybridized carbons (Fsp3) is 0.421. The summed E-state index contributed by atoms with van der Waals surface area (Å²) in [5, 5.41) is 0. The monoisotopic (exact) mass is 327 g/mol. The van der Waals surface area contributed by atoms with Crippen LogP contribution < -0.4 is 0 Å². The van der Waals surface area contributed by atoms with E-state index in [1.807, 2.05) is 4.90 Å². The fourth-order valence-electron chi connectivity index (χ4n) is 3.48. The second-order valence-electron chi connectivity index (χ2n) is 6.27. The van der Waals surface area contributed by atoms with E-state index in [2.05, 4.69) is 37.3 Å². The summed E-state index contributed by atoms with van der Waals surface area (Å²) in [5.74, 6) is 0.170. The van der Waals surface area contributed by atoms with Crippen molar-refractivity contribution in [1.29, 1.82) is 0 Å². The zero-order valence-corrected chi connectivity index (χ0v) is 14.2. The topological polar surface area (TPSA) is 29.5 Å². The third kappa shape index (κ3) is 2.70. The highest BCUT2D eigenvalue weighted by atomic mass is 32.1. The number of nitrogens with zero attached hydrogens (tertiary/aromatic N) is 1. The molecule has 2 heterocycles. The molecule has 1 amide bonds. The lowest BCUT2D eigenvalue weighted by atomic mass is 9.91. The van der Waals surface area contributed by atoms with Gasteiger partial charge in [-0.2, -0.15) is 0 Å². The number of rotatable bonds is 2. The van der Waals surface area contributed by atoms with Crippen LogP contribution in [0.4, 0.5) is 0 Å². The first-order valence-electron chi connectivity index (χ1n) is 8.38. The summed E-state index contributed by atoms with van der Waals surface area (Å²) in [6.45, 7) is 4.18. The van der Waals surface area contributed by atoms with Crippen LogP contribution in [0.25, 0.3) is 10.4 Å². The Morgan fingerprint density at radius 3 is 3.00 bits per heavy atom. The van der Waals surface area contributed by atoms with Gasteiger partial charge in [-0.05, 0) is 42.0 Å². The van der Waals surface area contributed by atoms with E-state index in [0.717, 1.165) is 24.1 Å². The van der Waals surface area contributed by atoms with Gasteiger partial charge in [0.2, 0.25) is 0 Å². The van der Waals surface area contributed by atoms with Gasteiger partial charge in [-0.25, -0.2) is 0 Å². The van der Waals surface area contributed by atoms with Crippen molar-refractivity contribution in [3.8, 4) is 10.4 Å². The van der Waals surface area contributed by atoms with Gasteiger partial charge in [-0.3, -0.25) is 4.79 Å². The van der Waals surface area contributed by atoms with Crippen molar-refractivity contribution in [3.63, 3.8) is 0 Å². The van der Waals surface area contributed by atoms with E-state index >= 15 is 0 Å². The molecule has 0 bridgehead atoms. The van der Waals surface area contributed by atoms with Crippen molar-refractivity contribution in [2.24, 2.45) is 0 Å². The number of amides is 1. The molecule has 1 saturated heterocycles. The second kappa shape index (κ2) is 6.10. The van der Waals surface area contributed by atoms with E-state index in [9.17, 15) is 4.79 Å². The summed E-state index contributed by atoms with van der Waals surface area (Å²) in [6.07, 6.45) is 3.25. The molecule has 1 aliphatic heterocycles. The van der Waals surface area contributed by atoms with Crippen LogP contribution in [-0.4, -0.2) is 36.6 Å². The molecule has 4 heteroatoms. The van der Waals surface area contributed by atoms with Crippen LogP contribution in [0.5, 0.6) is 0 Å². The van der Waals surface area contributed by atoms with Gasteiger partial charge in [0.15, 0.2) is 0 Å². The molecular formula is C19H21NO2S. The Balaban J connectivity index is 1.62. The van der Waals surface area contributed by atoms with Gasteiger partial charge < -0.3 is 9.64 Å². The summed E-state index contributed by atoms with van der Waals surface area (Å²) in [7, 11) is 0. The molecule has 2 aliphatic rings. The molecule has 0 saturated carbocycles. The van der Waals surface area contributed by atoms with E-state index < -0.39 is 0 Å². The lowest BCUT2D eigenvalue weighted by Crippen LogP contribution is -2.45. The molecular weight excluding hydrogens is 306 g/mol. The summed E-state index contributed by atoms with van der Waals surface area (Å²) in [6, 6.07) is 10.7. The molecule has 1 aliphatic carbocycles. The normalized spacial score (nSPS) is 20.0. The molecule has 0 unspecified atom stereocenters. The number of benzene rings is 1. The number of aryl methyl sites for hydroxylation is 2. The lowest BCUT2D eigenvalue weighted by Gasteiger charge is -2.32. The lowest BCUT2D eigenvalue weighted by molar-refractivity contribution is -0.0224.